The second-order valence-electron chi connectivity index (χ2n) is 7.56. The number of carbonyl (C=O) groups excluding carboxylic acids is 1. The number of nitrogens with zero attached hydrogens (tertiary/aromatic N) is 5. The van der Waals surface area contributed by atoms with Crippen molar-refractivity contribution in [3.8, 4) is 0 Å². The van der Waals surface area contributed by atoms with Crippen molar-refractivity contribution in [1.29, 1.82) is 0 Å². The first kappa shape index (κ1) is 18.2. The average Bonchev–Trinajstić information content (AvgIpc) is 2.83. The third kappa shape index (κ3) is 4.74. The molecule has 1 amide bonds. The Morgan fingerprint density at radius 1 is 1.28 bits per heavy atom. The first-order valence-corrected chi connectivity index (χ1v) is 9.09. The summed E-state index contributed by atoms with van der Waals surface area (Å²) < 4.78 is 5.93. The van der Waals surface area contributed by atoms with Crippen LogP contribution in [0, 0.1) is 5.41 Å². The lowest BCUT2D eigenvalue weighted by Gasteiger charge is -2.42. The largest absolute Gasteiger partial charge is 0.379 e. The van der Waals surface area contributed by atoms with Crippen molar-refractivity contribution in [3.63, 3.8) is 0 Å². The van der Waals surface area contributed by atoms with Crippen LogP contribution in [-0.4, -0.2) is 97.4 Å². The van der Waals surface area contributed by atoms with Crippen LogP contribution in [-0.2, 0) is 4.74 Å². The summed E-state index contributed by atoms with van der Waals surface area (Å²) in [4.78, 5) is 19.3. The predicted molar refractivity (Wildman–Crippen MR) is 95.4 cm³/mol. The molecule has 2 aliphatic heterocycles. The summed E-state index contributed by atoms with van der Waals surface area (Å²) in [7, 11) is 4.23. The molecule has 0 aromatic carbocycles. The van der Waals surface area contributed by atoms with Crippen LogP contribution in [0.1, 0.15) is 23.2 Å². The van der Waals surface area contributed by atoms with Gasteiger partial charge in [-0.05, 0) is 33.0 Å². The molecule has 0 bridgehead atoms. The highest BCUT2D eigenvalue weighted by Crippen LogP contribution is 2.34. The Balaban J connectivity index is 1.58. The van der Waals surface area contributed by atoms with E-state index >= 15 is 0 Å². The molecule has 1 aromatic heterocycles. The van der Waals surface area contributed by atoms with E-state index in [1.54, 1.807) is 18.5 Å². The fourth-order valence-electron chi connectivity index (χ4n) is 3.70. The van der Waals surface area contributed by atoms with Gasteiger partial charge in [0.25, 0.3) is 5.91 Å². The zero-order chi connectivity index (χ0) is 17.7. The Bertz CT molecular complexity index is 558. The molecular formula is C18H29N5O2. The van der Waals surface area contributed by atoms with Gasteiger partial charge in [-0.15, -0.1) is 0 Å². The first-order chi connectivity index (χ1) is 12.1. The minimum absolute atomic E-state index is 0.0590. The lowest BCUT2D eigenvalue weighted by molar-refractivity contribution is 0.0146. The fraction of sp³-hybridized carbons (Fsp3) is 0.722. The Morgan fingerprint density at radius 2 is 2.08 bits per heavy atom. The summed E-state index contributed by atoms with van der Waals surface area (Å²) in [6.07, 6.45) is 5.11. The van der Waals surface area contributed by atoms with E-state index in [0.29, 0.717) is 5.56 Å². The molecule has 2 saturated heterocycles. The highest BCUT2D eigenvalue weighted by molar-refractivity contribution is 5.93. The van der Waals surface area contributed by atoms with Gasteiger partial charge in [0.2, 0.25) is 0 Å². The Labute approximate surface area is 149 Å². The fourth-order valence-corrected chi connectivity index (χ4v) is 3.70. The van der Waals surface area contributed by atoms with E-state index in [-0.39, 0.29) is 11.3 Å². The maximum absolute atomic E-state index is 12.6. The number of hydrogen-bond acceptors (Lipinski definition) is 6. The van der Waals surface area contributed by atoms with Crippen molar-refractivity contribution in [2.75, 3.05) is 66.6 Å². The summed E-state index contributed by atoms with van der Waals surface area (Å²) in [6, 6.07) is 1.73. The first-order valence-electron chi connectivity index (χ1n) is 9.09. The van der Waals surface area contributed by atoms with E-state index in [4.69, 9.17) is 4.74 Å². The molecule has 0 unspecified atom stereocenters. The van der Waals surface area contributed by atoms with Crippen molar-refractivity contribution in [1.82, 2.24) is 24.9 Å². The third-order valence-corrected chi connectivity index (χ3v) is 5.33. The highest BCUT2D eigenvalue weighted by Gasteiger charge is 2.39. The van der Waals surface area contributed by atoms with Gasteiger partial charge in [-0.3, -0.25) is 9.69 Å². The van der Waals surface area contributed by atoms with E-state index < -0.39 is 0 Å². The second kappa shape index (κ2) is 8.21. The van der Waals surface area contributed by atoms with Gasteiger partial charge in [0.15, 0.2) is 0 Å². The lowest BCUT2D eigenvalue weighted by atomic mass is 9.78. The number of likely N-dealkylation sites (N-methyl/N-ethyl adjacent to an activating group) is 1. The van der Waals surface area contributed by atoms with E-state index in [1.165, 1.54) is 0 Å². The molecule has 2 aliphatic rings. The van der Waals surface area contributed by atoms with Crippen LogP contribution in [0.15, 0.2) is 18.5 Å². The van der Waals surface area contributed by atoms with Gasteiger partial charge < -0.3 is 14.5 Å². The number of carbonyl (C=O) groups is 1. The summed E-state index contributed by atoms with van der Waals surface area (Å²) in [5, 5.41) is 7.56. The van der Waals surface area contributed by atoms with Gasteiger partial charge in [-0.1, -0.05) is 0 Å². The van der Waals surface area contributed by atoms with Crippen molar-refractivity contribution >= 4 is 5.91 Å². The van der Waals surface area contributed by atoms with E-state index in [9.17, 15) is 4.79 Å². The Morgan fingerprint density at radius 3 is 2.76 bits per heavy atom. The lowest BCUT2D eigenvalue weighted by Crippen LogP contribution is -2.49. The molecule has 7 heteroatoms. The number of piperidine rings is 1. The monoisotopic (exact) mass is 347 g/mol. The minimum Gasteiger partial charge on any atom is -0.379 e. The second-order valence-corrected chi connectivity index (χ2v) is 7.56. The van der Waals surface area contributed by atoms with Crippen LogP contribution in [0.3, 0.4) is 0 Å². The predicted octanol–water partition coefficient (Wildman–Crippen LogP) is 0.593. The van der Waals surface area contributed by atoms with Gasteiger partial charge in [0.05, 0.1) is 31.2 Å². The smallest absolute Gasteiger partial charge is 0.255 e. The van der Waals surface area contributed by atoms with Crippen LogP contribution in [0.2, 0.25) is 0 Å². The molecule has 0 atom stereocenters. The maximum atomic E-state index is 12.6. The van der Waals surface area contributed by atoms with Crippen LogP contribution < -0.4 is 0 Å². The standard InChI is InChI=1S/C18H29N5O2/c1-21(2)9-10-22-11-12-25-15-18(14-22)4-7-23(8-5-18)17(24)16-3-6-19-20-13-16/h3,6,13H,4-5,7-12,14-15H2,1-2H3. The van der Waals surface area contributed by atoms with E-state index in [0.717, 1.165) is 65.3 Å². The zero-order valence-corrected chi connectivity index (χ0v) is 15.4. The van der Waals surface area contributed by atoms with E-state index in [1.807, 2.05) is 4.90 Å². The van der Waals surface area contributed by atoms with E-state index in [2.05, 4.69) is 34.1 Å². The van der Waals surface area contributed by atoms with Crippen molar-refractivity contribution in [3.05, 3.63) is 24.0 Å². The van der Waals surface area contributed by atoms with Crippen LogP contribution >= 0.6 is 0 Å². The SMILES string of the molecule is CN(C)CCN1CCOCC2(CCN(C(=O)c3ccnnc3)CC2)C1. The van der Waals surface area contributed by atoms with Gasteiger partial charge in [0, 0.05) is 44.7 Å². The molecule has 7 nitrogen and oxygen atoms in total. The molecule has 25 heavy (non-hydrogen) atoms. The van der Waals surface area contributed by atoms with Gasteiger partial charge in [-0.2, -0.15) is 10.2 Å². The minimum atomic E-state index is 0.0590. The number of likely N-dealkylation sites (tertiary alicyclic amines) is 1. The van der Waals surface area contributed by atoms with Crippen molar-refractivity contribution < 1.29 is 9.53 Å². The number of rotatable bonds is 4. The summed E-state index contributed by atoms with van der Waals surface area (Å²) in [6.45, 7) is 7.39. The third-order valence-electron chi connectivity index (χ3n) is 5.33. The van der Waals surface area contributed by atoms with Crippen LogP contribution in [0.4, 0.5) is 0 Å². The highest BCUT2D eigenvalue weighted by atomic mass is 16.5. The topological polar surface area (TPSA) is 61.8 Å². The molecule has 3 rings (SSSR count). The van der Waals surface area contributed by atoms with Crippen molar-refractivity contribution in [2.24, 2.45) is 5.41 Å². The molecule has 0 radical (unpaired) electrons. The number of ether oxygens (including phenoxy) is 1. The average molecular weight is 347 g/mol. The zero-order valence-electron chi connectivity index (χ0n) is 15.4. The molecule has 138 valence electrons. The summed E-state index contributed by atoms with van der Waals surface area (Å²) >= 11 is 0. The van der Waals surface area contributed by atoms with Crippen LogP contribution in [0.25, 0.3) is 0 Å². The molecule has 0 N–H and O–H groups in total. The van der Waals surface area contributed by atoms with Crippen LogP contribution in [0.5, 0.6) is 0 Å². The quantitative estimate of drug-likeness (QED) is 0.795. The van der Waals surface area contributed by atoms with Crippen molar-refractivity contribution in [2.45, 2.75) is 12.8 Å². The molecule has 1 aromatic rings. The molecule has 3 heterocycles. The summed E-state index contributed by atoms with van der Waals surface area (Å²) in [5.74, 6) is 0.0590. The Kier molecular flexibility index (Phi) is 5.98. The van der Waals surface area contributed by atoms with Gasteiger partial charge in [-0.25, -0.2) is 0 Å². The number of amides is 1. The molecule has 1 spiro atoms. The molecule has 0 saturated carbocycles. The van der Waals surface area contributed by atoms with Gasteiger partial charge >= 0.3 is 0 Å². The number of aromatic nitrogens is 2. The maximum Gasteiger partial charge on any atom is 0.255 e. The Hall–Kier alpha value is -1.57. The van der Waals surface area contributed by atoms with Gasteiger partial charge in [0.1, 0.15) is 0 Å². The summed E-state index contributed by atoms with van der Waals surface area (Å²) in [5.41, 5.74) is 0.798. The normalized spacial score (nSPS) is 21.5. The molecular weight excluding hydrogens is 318 g/mol. The molecule has 2 fully saturated rings. The molecule has 0 aliphatic carbocycles. The number of hydrogen-bond donors (Lipinski definition) is 0.